The molecule has 0 saturated heterocycles. The molecule has 0 radical (unpaired) electrons. The first-order valence-corrected chi connectivity index (χ1v) is 7.86. The number of carbonyl (C=O) groups excluding carboxylic acids is 1. The highest BCUT2D eigenvalue weighted by molar-refractivity contribution is 8.00. The van der Waals surface area contributed by atoms with Crippen LogP contribution in [0.2, 0.25) is 5.02 Å². The quantitative estimate of drug-likeness (QED) is 0.824. The zero-order valence-corrected chi connectivity index (χ0v) is 13.1. The number of fused-ring (bicyclic) bond motifs is 1. The molecule has 8 heteroatoms. The molecule has 2 aromatic rings. The van der Waals surface area contributed by atoms with Crippen LogP contribution in [0, 0.1) is 0 Å². The first kappa shape index (κ1) is 15.9. The minimum Gasteiger partial charge on any atom is -0.395 e. The molecule has 1 aliphatic heterocycles. The number of thioether (sulfide) groups is 1. The Kier molecular flexibility index (Phi) is 4.32. The number of ether oxygens (including phenoxy) is 2. The summed E-state index contributed by atoms with van der Waals surface area (Å²) in [6, 6.07) is 11.2. The van der Waals surface area contributed by atoms with Gasteiger partial charge < -0.3 is 14.8 Å². The molecule has 23 heavy (non-hydrogen) atoms. The van der Waals surface area contributed by atoms with Crippen LogP contribution in [0.1, 0.15) is 0 Å². The van der Waals surface area contributed by atoms with Crippen molar-refractivity contribution in [1.29, 1.82) is 0 Å². The number of rotatable bonds is 4. The Morgan fingerprint density at radius 1 is 1.13 bits per heavy atom. The van der Waals surface area contributed by atoms with E-state index in [1.54, 1.807) is 12.1 Å². The third-order valence-electron chi connectivity index (χ3n) is 2.87. The van der Waals surface area contributed by atoms with Crippen LogP contribution < -0.4 is 14.8 Å². The summed E-state index contributed by atoms with van der Waals surface area (Å²) in [6.45, 7) is 0. The number of nitrogens with one attached hydrogen (secondary N) is 1. The standard InChI is InChI=1S/C15H10ClF2NO3S/c16-9-1-4-11(5-2-9)23-8-14(20)19-10-3-6-12-13(7-10)22-15(17,18)21-12/h1-7H,8H2,(H,19,20). The Morgan fingerprint density at radius 3 is 2.57 bits per heavy atom. The van der Waals surface area contributed by atoms with Gasteiger partial charge in [-0.05, 0) is 36.4 Å². The van der Waals surface area contributed by atoms with E-state index < -0.39 is 6.29 Å². The summed E-state index contributed by atoms with van der Waals surface area (Å²) in [4.78, 5) is 12.8. The fourth-order valence-corrected chi connectivity index (χ4v) is 2.73. The van der Waals surface area contributed by atoms with Crippen molar-refractivity contribution in [3.63, 3.8) is 0 Å². The summed E-state index contributed by atoms with van der Waals surface area (Å²) < 4.78 is 34.5. The Balaban J connectivity index is 1.57. The summed E-state index contributed by atoms with van der Waals surface area (Å²) in [5, 5.41) is 3.24. The first-order chi connectivity index (χ1) is 10.9. The van der Waals surface area contributed by atoms with Crippen molar-refractivity contribution >= 4 is 35.0 Å². The van der Waals surface area contributed by atoms with Gasteiger partial charge in [0.2, 0.25) is 5.91 Å². The van der Waals surface area contributed by atoms with E-state index in [0.29, 0.717) is 10.7 Å². The van der Waals surface area contributed by atoms with Crippen molar-refractivity contribution in [3.05, 3.63) is 47.5 Å². The number of hydrogen-bond acceptors (Lipinski definition) is 4. The zero-order chi connectivity index (χ0) is 16.4. The first-order valence-electron chi connectivity index (χ1n) is 6.49. The summed E-state index contributed by atoms with van der Waals surface area (Å²) in [6.07, 6.45) is -3.67. The van der Waals surface area contributed by atoms with Gasteiger partial charge in [0, 0.05) is 21.7 Å². The fourth-order valence-electron chi connectivity index (χ4n) is 1.90. The lowest BCUT2D eigenvalue weighted by Gasteiger charge is -2.06. The van der Waals surface area contributed by atoms with Crippen LogP contribution >= 0.6 is 23.4 Å². The molecule has 0 unspecified atom stereocenters. The van der Waals surface area contributed by atoms with E-state index in [9.17, 15) is 13.6 Å². The van der Waals surface area contributed by atoms with Crippen molar-refractivity contribution in [1.82, 2.24) is 0 Å². The third kappa shape index (κ3) is 4.05. The van der Waals surface area contributed by atoms with Gasteiger partial charge in [-0.2, -0.15) is 0 Å². The number of hydrogen-bond donors (Lipinski definition) is 1. The molecule has 1 heterocycles. The van der Waals surface area contributed by atoms with Gasteiger partial charge in [-0.15, -0.1) is 20.5 Å². The maximum Gasteiger partial charge on any atom is 0.586 e. The largest absolute Gasteiger partial charge is 0.586 e. The van der Waals surface area contributed by atoms with Crippen molar-refractivity contribution in [2.45, 2.75) is 11.2 Å². The predicted molar refractivity (Wildman–Crippen MR) is 83.5 cm³/mol. The van der Waals surface area contributed by atoms with Gasteiger partial charge in [0.05, 0.1) is 5.75 Å². The number of halogens is 3. The highest BCUT2D eigenvalue weighted by Gasteiger charge is 2.43. The SMILES string of the molecule is O=C(CSc1ccc(Cl)cc1)Nc1ccc2c(c1)OC(F)(F)O2. The maximum absolute atomic E-state index is 12.9. The van der Waals surface area contributed by atoms with Crippen LogP contribution in [-0.4, -0.2) is 18.0 Å². The Morgan fingerprint density at radius 2 is 1.83 bits per heavy atom. The molecule has 0 spiro atoms. The lowest BCUT2D eigenvalue weighted by Crippen LogP contribution is -2.25. The van der Waals surface area contributed by atoms with E-state index in [2.05, 4.69) is 14.8 Å². The van der Waals surface area contributed by atoms with Crippen molar-refractivity contribution in [2.75, 3.05) is 11.1 Å². The van der Waals surface area contributed by atoms with Gasteiger partial charge in [-0.3, -0.25) is 4.79 Å². The van der Waals surface area contributed by atoms with Gasteiger partial charge >= 0.3 is 6.29 Å². The van der Waals surface area contributed by atoms with E-state index in [4.69, 9.17) is 11.6 Å². The van der Waals surface area contributed by atoms with Crippen LogP contribution in [0.3, 0.4) is 0 Å². The van der Waals surface area contributed by atoms with Crippen molar-refractivity contribution in [2.24, 2.45) is 0 Å². The fraction of sp³-hybridized carbons (Fsp3) is 0.133. The molecule has 0 aromatic heterocycles. The molecule has 1 amide bonds. The molecule has 1 aliphatic rings. The second-order valence-electron chi connectivity index (χ2n) is 4.62. The van der Waals surface area contributed by atoms with Crippen LogP contribution in [0.4, 0.5) is 14.5 Å². The summed E-state index contributed by atoms with van der Waals surface area (Å²) in [7, 11) is 0. The zero-order valence-electron chi connectivity index (χ0n) is 11.5. The Bertz CT molecular complexity index is 740. The molecule has 0 fully saturated rings. The van der Waals surface area contributed by atoms with Gasteiger partial charge in [-0.25, -0.2) is 0 Å². The molecule has 0 bridgehead atoms. The van der Waals surface area contributed by atoms with E-state index >= 15 is 0 Å². The molecule has 1 N–H and O–H groups in total. The average molecular weight is 358 g/mol. The van der Waals surface area contributed by atoms with Gasteiger partial charge in [0.1, 0.15) is 0 Å². The van der Waals surface area contributed by atoms with E-state index in [1.807, 2.05) is 12.1 Å². The molecule has 2 aromatic carbocycles. The highest BCUT2D eigenvalue weighted by atomic mass is 35.5. The number of amides is 1. The van der Waals surface area contributed by atoms with Gasteiger partial charge in [0.25, 0.3) is 0 Å². The van der Waals surface area contributed by atoms with E-state index in [0.717, 1.165) is 4.90 Å². The number of anilines is 1. The lowest BCUT2D eigenvalue weighted by atomic mass is 10.3. The van der Waals surface area contributed by atoms with Crippen LogP contribution in [0.15, 0.2) is 47.4 Å². The summed E-state index contributed by atoms with van der Waals surface area (Å²) >= 11 is 7.12. The van der Waals surface area contributed by atoms with Crippen molar-refractivity contribution < 1.29 is 23.0 Å². The minimum atomic E-state index is -3.67. The molecule has 0 atom stereocenters. The van der Waals surface area contributed by atoms with Gasteiger partial charge in [0.15, 0.2) is 11.5 Å². The highest BCUT2D eigenvalue weighted by Crippen LogP contribution is 2.42. The minimum absolute atomic E-state index is 0.0662. The van der Waals surface area contributed by atoms with E-state index in [-0.39, 0.29) is 23.2 Å². The molecule has 3 rings (SSSR count). The number of carbonyl (C=O) groups is 1. The second-order valence-corrected chi connectivity index (χ2v) is 6.10. The monoisotopic (exact) mass is 357 g/mol. The summed E-state index contributed by atoms with van der Waals surface area (Å²) in [5.41, 5.74) is 0.353. The Labute approximate surface area is 139 Å². The number of alkyl halides is 2. The van der Waals surface area contributed by atoms with Crippen LogP contribution in [0.5, 0.6) is 11.5 Å². The molecule has 120 valence electrons. The molecular formula is C15H10ClF2NO3S. The molecule has 0 saturated carbocycles. The smallest absolute Gasteiger partial charge is 0.395 e. The van der Waals surface area contributed by atoms with Crippen LogP contribution in [0.25, 0.3) is 0 Å². The Hall–Kier alpha value is -1.99. The second kappa shape index (κ2) is 6.25. The van der Waals surface area contributed by atoms with Crippen LogP contribution in [-0.2, 0) is 4.79 Å². The van der Waals surface area contributed by atoms with Crippen molar-refractivity contribution in [3.8, 4) is 11.5 Å². The topological polar surface area (TPSA) is 47.6 Å². The maximum atomic E-state index is 12.9. The summed E-state index contributed by atoms with van der Waals surface area (Å²) in [5.74, 6) is -0.274. The molecule has 4 nitrogen and oxygen atoms in total. The molecular weight excluding hydrogens is 348 g/mol. The average Bonchev–Trinajstić information content (AvgIpc) is 2.80. The number of benzene rings is 2. The lowest BCUT2D eigenvalue weighted by molar-refractivity contribution is -0.286. The predicted octanol–water partition coefficient (Wildman–Crippen LogP) is 4.39. The molecule has 0 aliphatic carbocycles. The van der Waals surface area contributed by atoms with E-state index in [1.165, 1.54) is 30.0 Å². The third-order valence-corrected chi connectivity index (χ3v) is 4.13. The van der Waals surface area contributed by atoms with Gasteiger partial charge in [-0.1, -0.05) is 11.6 Å². The normalized spacial score (nSPS) is 14.6.